The highest BCUT2D eigenvalue weighted by Crippen LogP contribution is 2.25. The van der Waals surface area contributed by atoms with Crippen LogP contribution in [0.3, 0.4) is 0 Å². The van der Waals surface area contributed by atoms with Gasteiger partial charge in [0.05, 0.1) is 6.04 Å². The lowest BCUT2D eigenvalue weighted by Crippen LogP contribution is -2.39. The van der Waals surface area contributed by atoms with Crippen LogP contribution in [0.25, 0.3) is 0 Å². The Morgan fingerprint density at radius 2 is 1.79 bits per heavy atom. The van der Waals surface area contributed by atoms with Crippen molar-refractivity contribution in [3.63, 3.8) is 0 Å². The van der Waals surface area contributed by atoms with E-state index >= 15 is 0 Å². The van der Waals surface area contributed by atoms with Gasteiger partial charge >= 0.3 is 0 Å². The van der Waals surface area contributed by atoms with Crippen molar-refractivity contribution in [3.05, 3.63) is 0 Å². The predicted octanol–water partition coefficient (Wildman–Crippen LogP) is 0.338. The summed E-state index contributed by atoms with van der Waals surface area (Å²) < 4.78 is 0. The number of amides is 1. The zero-order valence-corrected chi connectivity index (χ0v) is 8.37. The minimum Gasteiger partial charge on any atom is -0.368 e. The molecule has 1 unspecified atom stereocenters. The first-order valence-corrected chi connectivity index (χ1v) is 5.19. The predicted molar refractivity (Wildman–Crippen MR) is 53.4 cm³/mol. The number of primary amides is 1. The highest BCUT2D eigenvalue weighted by Gasteiger charge is 2.24. The van der Waals surface area contributed by atoms with E-state index < -0.39 is 11.9 Å². The third-order valence-electron chi connectivity index (χ3n) is 2.85. The second-order valence-electron chi connectivity index (χ2n) is 4.01. The summed E-state index contributed by atoms with van der Waals surface area (Å²) in [7, 11) is 0. The molecule has 0 radical (unpaired) electrons. The Bertz CT molecular complexity index is 222. The average Bonchev–Trinajstić information content (AvgIpc) is 2.19. The topological polar surface area (TPSA) is 86.2 Å². The van der Waals surface area contributed by atoms with Gasteiger partial charge in [-0.3, -0.25) is 9.59 Å². The van der Waals surface area contributed by atoms with Gasteiger partial charge in [-0.2, -0.15) is 0 Å². The zero-order chi connectivity index (χ0) is 10.6. The van der Waals surface area contributed by atoms with E-state index in [0.29, 0.717) is 0 Å². The molecule has 80 valence electrons. The van der Waals surface area contributed by atoms with E-state index in [1.54, 1.807) is 0 Å². The molecule has 4 heteroatoms. The fourth-order valence-corrected chi connectivity index (χ4v) is 1.91. The van der Waals surface area contributed by atoms with Gasteiger partial charge in [-0.15, -0.1) is 0 Å². The maximum Gasteiger partial charge on any atom is 0.234 e. The fraction of sp³-hybridized carbons (Fsp3) is 0.800. The SMILES string of the molecule is NC(=O)C(N)CC(=O)C1CCCCC1. The first kappa shape index (κ1) is 11.2. The maximum absolute atomic E-state index is 11.6. The molecular formula is C10H18N2O2. The van der Waals surface area contributed by atoms with Gasteiger partial charge in [-0.05, 0) is 12.8 Å². The highest BCUT2D eigenvalue weighted by molar-refractivity contribution is 5.89. The van der Waals surface area contributed by atoms with Crippen molar-refractivity contribution in [1.82, 2.24) is 0 Å². The summed E-state index contributed by atoms with van der Waals surface area (Å²) in [6, 6.07) is -0.801. The molecule has 1 amide bonds. The second kappa shape index (κ2) is 5.10. The van der Waals surface area contributed by atoms with E-state index in [2.05, 4.69) is 0 Å². The third kappa shape index (κ3) is 3.10. The van der Waals surface area contributed by atoms with E-state index in [-0.39, 0.29) is 18.1 Å². The Labute approximate surface area is 84.0 Å². The molecule has 14 heavy (non-hydrogen) atoms. The van der Waals surface area contributed by atoms with E-state index in [4.69, 9.17) is 11.5 Å². The Morgan fingerprint density at radius 1 is 1.21 bits per heavy atom. The van der Waals surface area contributed by atoms with Crippen LogP contribution in [0, 0.1) is 5.92 Å². The van der Waals surface area contributed by atoms with E-state index in [9.17, 15) is 9.59 Å². The summed E-state index contributed by atoms with van der Waals surface area (Å²) in [5, 5.41) is 0. The fourth-order valence-electron chi connectivity index (χ4n) is 1.91. The lowest BCUT2D eigenvalue weighted by Gasteiger charge is -2.21. The van der Waals surface area contributed by atoms with Gasteiger partial charge < -0.3 is 11.5 Å². The van der Waals surface area contributed by atoms with Crippen molar-refractivity contribution in [2.75, 3.05) is 0 Å². The van der Waals surface area contributed by atoms with Gasteiger partial charge in [-0.1, -0.05) is 19.3 Å². The quantitative estimate of drug-likeness (QED) is 0.683. The van der Waals surface area contributed by atoms with E-state index in [0.717, 1.165) is 25.7 Å². The van der Waals surface area contributed by atoms with Gasteiger partial charge in [0.15, 0.2) is 0 Å². The van der Waals surface area contributed by atoms with Crippen LogP contribution in [0.4, 0.5) is 0 Å². The molecule has 1 aliphatic carbocycles. The molecular weight excluding hydrogens is 180 g/mol. The Kier molecular flexibility index (Phi) is 4.07. The number of hydrogen-bond acceptors (Lipinski definition) is 3. The minimum absolute atomic E-state index is 0.107. The van der Waals surface area contributed by atoms with Crippen LogP contribution in [0.2, 0.25) is 0 Å². The number of ketones is 1. The van der Waals surface area contributed by atoms with E-state index in [1.807, 2.05) is 0 Å². The summed E-state index contributed by atoms with van der Waals surface area (Å²) in [4.78, 5) is 22.3. The van der Waals surface area contributed by atoms with Crippen LogP contribution in [-0.2, 0) is 9.59 Å². The smallest absolute Gasteiger partial charge is 0.234 e. The molecule has 0 aromatic carbocycles. The normalized spacial score (nSPS) is 20.4. The molecule has 0 aromatic heterocycles. The van der Waals surface area contributed by atoms with Gasteiger partial charge in [0, 0.05) is 12.3 Å². The molecule has 4 N–H and O–H groups in total. The van der Waals surface area contributed by atoms with Crippen LogP contribution in [0.1, 0.15) is 38.5 Å². The standard InChI is InChI=1S/C10H18N2O2/c11-8(10(12)14)6-9(13)7-4-2-1-3-5-7/h7-8H,1-6,11H2,(H2,12,14). The molecule has 4 nitrogen and oxygen atoms in total. The lowest BCUT2D eigenvalue weighted by molar-refractivity contribution is -0.127. The Balaban J connectivity index is 2.36. The van der Waals surface area contributed by atoms with Crippen LogP contribution in [0.5, 0.6) is 0 Å². The van der Waals surface area contributed by atoms with Crippen LogP contribution in [0.15, 0.2) is 0 Å². The summed E-state index contributed by atoms with van der Waals surface area (Å²) in [5.74, 6) is -0.362. The van der Waals surface area contributed by atoms with Crippen molar-refractivity contribution < 1.29 is 9.59 Å². The molecule has 0 saturated heterocycles. The summed E-state index contributed by atoms with van der Waals surface area (Å²) >= 11 is 0. The maximum atomic E-state index is 11.6. The van der Waals surface area contributed by atoms with Crippen molar-refractivity contribution in [2.45, 2.75) is 44.6 Å². The van der Waals surface area contributed by atoms with Gasteiger partial charge in [0.2, 0.25) is 5.91 Å². The summed E-state index contributed by atoms with van der Waals surface area (Å²) in [6.45, 7) is 0. The molecule has 1 aliphatic rings. The monoisotopic (exact) mass is 198 g/mol. The summed E-state index contributed by atoms with van der Waals surface area (Å²) in [5.41, 5.74) is 10.4. The van der Waals surface area contributed by atoms with Crippen molar-refractivity contribution in [2.24, 2.45) is 17.4 Å². The molecule has 0 spiro atoms. The molecule has 1 fully saturated rings. The number of nitrogens with two attached hydrogens (primary N) is 2. The van der Waals surface area contributed by atoms with Gasteiger partial charge in [0.25, 0.3) is 0 Å². The Hall–Kier alpha value is -0.900. The van der Waals surface area contributed by atoms with Gasteiger partial charge in [0.1, 0.15) is 5.78 Å². The van der Waals surface area contributed by atoms with Crippen molar-refractivity contribution in [1.29, 1.82) is 0 Å². The Morgan fingerprint density at radius 3 is 2.29 bits per heavy atom. The number of hydrogen-bond donors (Lipinski definition) is 2. The molecule has 0 heterocycles. The lowest BCUT2D eigenvalue weighted by atomic mass is 9.84. The first-order valence-electron chi connectivity index (χ1n) is 5.19. The average molecular weight is 198 g/mol. The zero-order valence-electron chi connectivity index (χ0n) is 8.37. The highest BCUT2D eigenvalue weighted by atomic mass is 16.1. The molecule has 1 atom stereocenters. The first-order chi connectivity index (χ1) is 6.61. The van der Waals surface area contributed by atoms with Crippen LogP contribution in [-0.4, -0.2) is 17.7 Å². The van der Waals surface area contributed by atoms with Gasteiger partial charge in [-0.25, -0.2) is 0 Å². The molecule has 0 bridgehead atoms. The largest absolute Gasteiger partial charge is 0.368 e. The van der Waals surface area contributed by atoms with E-state index in [1.165, 1.54) is 6.42 Å². The second-order valence-corrected chi connectivity index (χ2v) is 4.01. The number of carbonyl (C=O) groups excluding carboxylic acids is 2. The van der Waals surface area contributed by atoms with Crippen LogP contribution < -0.4 is 11.5 Å². The summed E-state index contributed by atoms with van der Waals surface area (Å²) in [6.07, 6.45) is 5.45. The molecule has 1 saturated carbocycles. The third-order valence-corrected chi connectivity index (χ3v) is 2.85. The number of Topliss-reactive ketones (excluding diaryl/α,β-unsaturated/α-hetero) is 1. The molecule has 0 aromatic rings. The van der Waals surface area contributed by atoms with Crippen molar-refractivity contribution in [3.8, 4) is 0 Å². The number of carbonyl (C=O) groups is 2. The molecule has 1 rings (SSSR count). The van der Waals surface area contributed by atoms with Crippen molar-refractivity contribution >= 4 is 11.7 Å². The van der Waals surface area contributed by atoms with Crippen LogP contribution >= 0.6 is 0 Å². The minimum atomic E-state index is -0.801. The number of rotatable bonds is 4. The molecule has 0 aliphatic heterocycles.